The number of alkyl carbamates (subject to hydrolysis) is 1. The van der Waals surface area contributed by atoms with Gasteiger partial charge in [-0.2, -0.15) is 0 Å². The van der Waals surface area contributed by atoms with Crippen molar-refractivity contribution in [3.8, 4) is 0 Å². The van der Waals surface area contributed by atoms with Crippen molar-refractivity contribution in [2.45, 2.75) is 123 Å². The van der Waals surface area contributed by atoms with Crippen LogP contribution in [0.1, 0.15) is 103 Å². The van der Waals surface area contributed by atoms with Gasteiger partial charge in [-0.15, -0.1) is 0 Å². The Kier molecular flexibility index (Phi) is 11.0. The van der Waals surface area contributed by atoms with E-state index in [4.69, 9.17) is 4.74 Å². The minimum Gasteiger partial charge on any atom is -0.444 e. The third kappa shape index (κ3) is 9.34. The van der Waals surface area contributed by atoms with E-state index in [2.05, 4.69) is 10.6 Å². The third-order valence-corrected chi connectivity index (χ3v) is 7.84. The highest BCUT2D eigenvalue weighted by molar-refractivity contribution is 5.93. The molecule has 2 N–H and O–H groups in total. The van der Waals surface area contributed by atoms with Gasteiger partial charge in [-0.05, 0) is 71.9 Å². The Morgan fingerprint density at radius 1 is 0.951 bits per heavy atom. The molecule has 41 heavy (non-hydrogen) atoms. The molecular weight excluding hydrogens is 514 g/mol. The molecule has 0 aromatic heterocycles. The minimum atomic E-state index is -0.937. The molecule has 7 heteroatoms. The largest absolute Gasteiger partial charge is 0.444 e. The van der Waals surface area contributed by atoms with Gasteiger partial charge in [0.25, 0.3) is 0 Å². The molecule has 7 nitrogen and oxygen atoms in total. The summed E-state index contributed by atoms with van der Waals surface area (Å²) < 4.78 is 5.56. The number of aryl methyl sites for hydroxylation is 1. The van der Waals surface area contributed by atoms with E-state index in [1.807, 2.05) is 82.3 Å². The number of rotatable bonds is 10. The smallest absolute Gasteiger partial charge is 0.408 e. The summed E-state index contributed by atoms with van der Waals surface area (Å²) in [7, 11) is 0. The van der Waals surface area contributed by atoms with Crippen LogP contribution in [0.15, 0.2) is 54.6 Å². The molecule has 2 aromatic carbocycles. The van der Waals surface area contributed by atoms with Crippen LogP contribution in [-0.4, -0.2) is 46.0 Å². The van der Waals surface area contributed by atoms with E-state index in [9.17, 15) is 14.4 Å². The first-order valence-electron chi connectivity index (χ1n) is 15.0. The number of carbonyl (C=O) groups excluding carboxylic acids is 3. The Balaban J connectivity index is 2.08. The second-order valence-corrected chi connectivity index (χ2v) is 12.9. The third-order valence-electron chi connectivity index (χ3n) is 7.84. The number of ether oxygens (including phenoxy) is 1. The van der Waals surface area contributed by atoms with E-state index in [1.54, 1.807) is 25.7 Å². The zero-order valence-electron chi connectivity index (χ0n) is 26.0. The molecule has 0 heterocycles. The summed E-state index contributed by atoms with van der Waals surface area (Å²) in [5, 5.41) is 6.14. The van der Waals surface area contributed by atoms with Crippen LogP contribution in [0.2, 0.25) is 0 Å². The van der Waals surface area contributed by atoms with Crippen molar-refractivity contribution in [3.05, 3.63) is 71.3 Å². The quantitative estimate of drug-likeness (QED) is 0.339. The SMILES string of the molecule is CCC(C)(C)N(C(=O)C(Cc1ccccc1)NC(=O)OC(C)(C)C)C(C(=O)NC1CCCCC1)c1cccc(C)c1. The average molecular weight is 564 g/mol. The van der Waals surface area contributed by atoms with Crippen molar-refractivity contribution in [2.24, 2.45) is 0 Å². The maximum atomic E-state index is 14.7. The number of nitrogens with one attached hydrogen (secondary N) is 2. The summed E-state index contributed by atoms with van der Waals surface area (Å²) in [5.41, 5.74) is 1.24. The number of amides is 3. The molecule has 1 fully saturated rings. The Labute approximate surface area is 246 Å². The maximum absolute atomic E-state index is 14.7. The number of nitrogens with zero attached hydrogens (tertiary/aromatic N) is 1. The average Bonchev–Trinajstić information content (AvgIpc) is 2.91. The van der Waals surface area contributed by atoms with Gasteiger partial charge in [-0.3, -0.25) is 9.59 Å². The zero-order chi connectivity index (χ0) is 30.2. The van der Waals surface area contributed by atoms with Crippen LogP contribution >= 0.6 is 0 Å². The van der Waals surface area contributed by atoms with Gasteiger partial charge < -0.3 is 20.3 Å². The zero-order valence-corrected chi connectivity index (χ0v) is 26.0. The molecular formula is C34H49N3O4. The predicted octanol–water partition coefficient (Wildman–Crippen LogP) is 6.64. The number of hydrogen-bond donors (Lipinski definition) is 2. The lowest BCUT2D eigenvalue weighted by Gasteiger charge is -2.45. The monoisotopic (exact) mass is 563 g/mol. The fraction of sp³-hybridized carbons (Fsp3) is 0.559. The van der Waals surface area contributed by atoms with E-state index in [1.165, 1.54) is 6.42 Å². The molecule has 224 valence electrons. The molecule has 0 spiro atoms. The molecule has 0 saturated heterocycles. The van der Waals surface area contributed by atoms with Crippen LogP contribution in [0.3, 0.4) is 0 Å². The molecule has 0 bridgehead atoms. The Hall–Kier alpha value is -3.35. The van der Waals surface area contributed by atoms with Crippen LogP contribution in [0.4, 0.5) is 4.79 Å². The number of carbonyl (C=O) groups is 3. The molecule has 0 radical (unpaired) electrons. The Morgan fingerprint density at radius 3 is 2.20 bits per heavy atom. The summed E-state index contributed by atoms with van der Waals surface area (Å²) >= 11 is 0. The molecule has 3 rings (SSSR count). The summed E-state index contributed by atoms with van der Waals surface area (Å²) in [5.74, 6) is -0.509. The van der Waals surface area contributed by atoms with E-state index < -0.39 is 29.3 Å². The van der Waals surface area contributed by atoms with Crippen molar-refractivity contribution in [3.63, 3.8) is 0 Å². The first-order valence-corrected chi connectivity index (χ1v) is 15.0. The van der Waals surface area contributed by atoms with Crippen LogP contribution in [0.5, 0.6) is 0 Å². The number of hydrogen-bond acceptors (Lipinski definition) is 4. The van der Waals surface area contributed by atoms with Crippen molar-refractivity contribution < 1.29 is 19.1 Å². The van der Waals surface area contributed by atoms with Gasteiger partial charge in [0.1, 0.15) is 17.7 Å². The topological polar surface area (TPSA) is 87.7 Å². The van der Waals surface area contributed by atoms with E-state index in [0.29, 0.717) is 6.42 Å². The van der Waals surface area contributed by atoms with Gasteiger partial charge in [0, 0.05) is 18.0 Å². The Morgan fingerprint density at radius 2 is 1.61 bits per heavy atom. The minimum absolute atomic E-state index is 0.0882. The van der Waals surface area contributed by atoms with Gasteiger partial charge in [0.2, 0.25) is 11.8 Å². The van der Waals surface area contributed by atoms with Crippen LogP contribution in [0.25, 0.3) is 0 Å². The lowest BCUT2D eigenvalue weighted by Crippen LogP contribution is -2.60. The van der Waals surface area contributed by atoms with Crippen LogP contribution in [-0.2, 0) is 20.7 Å². The normalized spacial score (nSPS) is 15.9. The van der Waals surface area contributed by atoms with Crippen molar-refractivity contribution in [1.29, 1.82) is 0 Å². The van der Waals surface area contributed by atoms with Crippen molar-refractivity contribution in [2.75, 3.05) is 0 Å². The van der Waals surface area contributed by atoms with Gasteiger partial charge >= 0.3 is 6.09 Å². The molecule has 2 aromatic rings. The van der Waals surface area contributed by atoms with Crippen LogP contribution in [0, 0.1) is 6.92 Å². The fourth-order valence-corrected chi connectivity index (χ4v) is 5.40. The van der Waals surface area contributed by atoms with Crippen LogP contribution < -0.4 is 10.6 Å². The van der Waals surface area contributed by atoms with E-state index >= 15 is 0 Å². The molecule has 3 amide bonds. The summed E-state index contributed by atoms with van der Waals surface area (Å²) in [6, 6.07) is 15.7. The first kappa shape index (κ1) is 32.2. The molecule has 0 aliphatic heterocycles. The standard InChI is InChI=1S/C34H49N3O4/c1-8-34(6,7)37(29(26-19-15-16-24(2)22-26)30(38)35-27-20-13-10-14-21-27)31(39)28(23-25-17-11-9-12-18-25)36-32(40)41-33(3,4)5/h9,11-12,15-19,22,27-29H,8,10,13-14,20-21,23H2,1-7H3,(H,35,38)(H,36,40). The lowest BCUT2D eigenvalue weighted by molar-refractivity contribution is -0.149. The second-order valence-electron chi connectivity index (χ2n) is 12.9. The first-order chi connectivity index (χ1) is 19.3. The van der Waals surface area contributed by atoms with Gasteiger partial charge in [0.05, 0.1) is 0 Å². The molecule has 1 aliphatic carbocycles. The maximum Gasteiger partial charge on any atom is 0.408 e. The predicted molar refractivity (Wildman–Crippen MR) is 163 cm³/mol. The fourth-order valence-electron chi connectivity index (χ4n) is 5.40. The van der Waals surface area contributed by atoms with Crippen molar-refractivity contribution in [1.82, 2.24) is 15.5 Å². The Bertz CT molecular complexity index is 1170. The summed E-state index contributed by atoms with van der Waals surface area (Å²) in [6.45, 7) is 13.3. The summed E-state index contributed by atoms with van der Waals surface area (Å²) in [6.07, 6.45) is 5.44. The van der Waals surface area contributed by atoms with Gasteiger partial charge in [0.15, 0.2) is 0 Å². The molecule has 1 saturated carbocycles. The van der Waals surface area contributed by atoms with Gasteiger partial charge in [-0.25, -0.2) is 4.79 Å². The molecule has 2 unspecified atom stereocenters. The highest BCUT2D eigenvalue weighted by Gasteiger charge is 2.43. The van der Waals surface area contributed by atoms with E-state index in [0.717, 1.165) is 42.4 Å². The lowest BCUT2D eigenvalue weighted by atomic mass is 9.90. The number of benzene rings is 2. The highest BCUT2D eigenvalue weighted by atomic mass is 16.6. The molecule has 2 atom stereocenters. The second kappa shape index (κ2) is 14.0. The van der Waals surface area contributed by atoms with Gasteiger partial charge in [-0.1, -0.05) is 86.3 Å². The highest BCUT2D eigenvalue weighted by Crippen LogP contribution is 2.33. The molecule has 1 aliphatic rings. The van der Waals surface area contributed by atoms with E-state index in [-0.39, 0.29) is 24.3 Å². The van der Waals surface area contributed by atoms with Crippen molar-refractivity contribution >= 4 is 17.9 Å². The summed E-state index contributed by atoms with van der Waals surface area (Å²) in [4.78, 5) is 43.6.